The zero-order chi connectivity index (χ0) is 20.1. The Hall–Kier alpha value is -3.81. The number of para-hydroxylation sites is 2. The molecule has 3 aromatic rings. The third kappa shape index (κ3) is 3.80. The van der Waals surface area contributed by atoms with Gasteiger partial charge in [-0.05, 0) is 43.3 Å². The largest absolute Gasteiger partial charge is 0.495 e. The van der Waals surface area contributed by atoms with Crippen molar-refractivity contribution < 1.29 is 19.1 Å². The zero-order valence-electron chi connectivity index (χ0n) is 15.5. The Bertz CT molecular complexity index is 996. The molecule has 0 saturated carbocycles. The number of hydrogen-bond donors (Lipinski definition) is 2. The molecule has 8 nitrogen and oxygen atoms in total. The molecule has 0 aliphatic heterocycles. The Kier molecular flexibility index (Phi) is 5.59. The van der Waals surface area contributed by atoms with Gasteiger partial charge in [0.1, 0.15) is 17.1 Å². The van der Waals surface area contributed by atoms with Crippen molar-refractivity contribution in [2.75, 3.05) is 24.8 Å². The van der Waals surface area contributed by atoms with Gasteiger partial charge < -0.3 is 20.5 Å². The number of nitrogens with zero attached hydrogens (tertiary/aromatic N) is 2. The van der Waals surface area contributed by atoms with E-state index in [4.69, 9.17) is 15.2 Å². The van der Waals surface area contributed by atoms with Crippen LogP contribution >= 0.6 is 0 Å². The number of methoxy groups -OCH3 is 1. The predicted molar refractivity (Wildman–Crippen MR) is 105 cm³/mol. The molecule has 0 atom stereocenters. The Balaban J connectivity index is 1.78. The van der Waals surface area contributed by atoms with Crippen molar-refractivity contribution in [3.63, 3.8) is 0 Å². The number of carbonyl (C=O) groups excluding carboxylic acids is 2. The average molecular weight is 380 g/mol. The van der Waals surface area contributed by atoms with Crippen LogP contribution in [-0.2, 0) is 4.74 Å². The lowest BCUT2D eigenvalue weighted by Crippen LogP contribution is -2.13. The first-order chi connectivity index (χ1) is 13.5. The van der Waals surface area contributed by atoms with Crippen LogP contribution in [0.1, 0.15) is 27.6 Å². The van der Waals surface area contributed by atoms with E-state index in [9.17, 15) is 9.59 Å². The number of hydrogen-bond acceptors (Lipinski definition) is 6. The fourth-order valence-corrected chi connectivity index (χ4v) is 2.63. The van der Waals surface area contributed by atoms with Crippen LogP contribution in [0.5, 0.6) is 5.75 Å². The third-order valence-corrected chi connectivity index (χ3v) is 4.03. The van der Waals surface area contributed by atoms with E-state index in [0.717, 1.165) is 0 Å². The SMILES string of the molecule is CCOC(=O)c1cnn(-c2ccc(C(=O)Nc3ccccc3OC)cc2)c1N. The minimum atomic E-state index is -0.529. The molecule has 8 heteroatoms. The molecule has 1 aromatic heterocycles. The molecule has 0 spiro atoms. The molecule has 3 rings (SSSR count). The monoisotopic (exact) mass is 380 g/mol. The van der Waals surface area contributed by atoms with Crippen molar-refractivity contribution in [3.8, 4) is 11.4 Å². The molecular formula is C20H20N4O4. The van der Waals surface area contributed by atoms with E-state index in [1.807, 2.05) is 12.1 Å². The molecule has 0 fully saturated rings. The molecule has 0 bridgehead atoms. The highest BCUT2D eigenvalue weighted by molar-refractivity contribution is 6.05. The molecule has 28 heavy (non-hydrogen) atoms. The number of aromatic nitrogens is 2. The van der Waals surface area contributed by atoms with Crippen LogP contribution < -0.4 is 15.8 Å². The van der Waals surface area contributed by atoms with Crippen LogP contribution in [0, 0.1) is 0 Å². The molecule has 1 amide bonds. The maximum atomic E-state index is 12.5. The number of carbonyl (C=O) groups is 2. The third-order valence-electron chi connectivity index (χ3n) is 4.03. The van der Waals surface area contributed by atoms with E-state index in [2.05, 4.69) is 10.4 Å². The van der Waals surface area contributed by atoms with Crippen molar-refractivity contribution in [1.82, 2.24) is 9.78 Å². The summed E-state index contributed by atoms with van der Waals surface area (Å²) >= 11 is 0. The lowest BCUT2D eigenvalue weighted by atomic mass is 10.2. The van der Waals surface area contributed by atoms with Gasteiger partial charge in [0, 0.05) is 5.56 Å². The number of ether oxygens (including phenoxy) is 2. The molecule has 0 unspecified atom stereocenters. The number of amides is 1. The summed E-state index contributed by atoms with van der Waals surface area (Å²) < 4.78 is 11.6. The molecule has 144 valence electrons. The standard InChI is InChI=1S/C20H20N4O4/c1-3-28-20(26)15-12-22-24(18(15)21)14-10-8-13(9-11-14)19(25)23-16-6-4-5-7-17(16)27-2/h4-12H,3,21H2,1-2H3,(H,23,25). The Morgan fingerprint density at radius 3 is 2.54 bits per heavy atom. The normalized spacial score (nSPS) is 10.4. The second-order valence-corrected chi connectivity index (χ2v) is 5.78. The van der Waals surface area contributed by atoms with Crippen LogP contribution in [0.4, 0.5) is 11.5 Å². The van der Waals surface area contributed by atoms with E-state index < -0.39 is 5.97 Å². The minimum Gasteiger partial charge on any atom is -0.495 e. The van der Waals surface area contributed by atoms with Gasteiger partial charge in [-0.3, -0.25) is 4.79 Å². The maximum absolute atomic E-state index is 12.5. The highest BCUT2D eigenvalue weighted by Gasteiger charge is 2.17. The number of rotatable bonds is 6. The molecular weight excluding hydrogens is 360 g/mol. The van der Waals surface area contributed by atoms with Gasteiger partial charge in [0.05, 0.1) is 31.3 Å². The number of nitrogens with one attached hydrogen (secondary N) is 1. The van der Waals surface area contributed by atoms with Gasteiger partial charge in [0.2, 0.25) is 0 Å². The summed E-state index contributed by atoms with van der Waals surface area (Å²) in [6.07, 6.45) is 1.36. The second kappa shape index (κ2) is 8.26. The summed E-state index contributed by atoms with van der Waals surface area (Å²) in [6, 6.07) is 13.8. The first-order valence-corrected chi connectivity index (χ1v) is 8.60. The quantitative estimate of drug-likeness (QED) is 0.637. The number of esters is 1. The van der Waals surface area contributed by atoms with E-state index in [-0.39, 0.29) is 23.9 Å². The summed E-state index contributed by atoms with van der Waals surface area (Å²) in [7, 11) is 1.54. The molecule has 3 N–H and O–H groups in total. The van der Waals surface area contributed by atoms with Crippen molar-refractivity contribution in [3.05, 3.63) is 65.9 Å². The number of nitrogens with two attached hydrogens (primary N) is 1. The highest BCUT2D eigenvalue weighted by atomic mass is 16.5. The summed E-state index contributed by atoms with van der Waals surface area (Å²) in [5.74, 6) is -0.0660. The molecule has 0 aliphatic rings. The summed E-state index contributed by atoms with van der Waals surface area (Å²) in [6.45, 7) is 1.97. The van der Waals surface area contributed by atoms with Gasteiger partial charge in [-0.25, -0.2) is 9.48 Å². The van der Waals surface area contributed by atoms with E-state index in [1.54, 1.807) is 50.4 Å². The fourth-order valence-electron chi connectivity index (χ4n) is 2.63. The zero-order valence-corrected chi connectivity index (χ0v) is 15.5. The Morgan fingerprint density at radius 2 is 1.86 bits per heavy atom. The van der Waals surface area contributed by atoms with E-state index in [1.165, 1.54) is 10.9 Å². The molecule has 2 aromatic carbocycles. The minimum absolute atomic E-state index is 0.171. The van der Waals surface area contributed by atoms with Gasteiger partial charge in [0.25, 0.3) is 5.91 Å². The first-order valence-electron chi connectivity index (χ1n) is 8.60. The van der Waals surface area contributed by atoms with Gasteiger partial charge in [-0.15, -0.1) is 0 Å². The number of anilines is 2. The van der Waals surface area contributed by atoms with E-state index >= 15 is 0 Å². The van der Waals surface area contributed by atoms with Crippen LogP contribution in [0.25, 0.3) is 5.69 Å². The van der Waals surface area contributed by atoms with Gasteiger partial charge in [0.15, 0.2) is 0 Å². The van der Waals surface area contributed by atoms with Gasteiger partial charge in [-0.1, -0.05) is 12.1 Å². The lowest BCUT2D eigenvalue weighted by Gasteiger charge is -2.10. The lowest BCUT2D eigenvalue weighted by molar-refractivity contribution is 0.0527. The molecule has 0 radical (unpaired) electrons. The number of benzene rings is 2. The van der Waals surface area contributed by atoms with Crippen LogP contribution in [0.15, 0.2) is 54.7 Å². The highest BCUT2D eigenvalue weighted by Crippen LogP contribution is 2.24. The molecule has 0 aliphatic carbocycles. The number of nitrogen functional groups attached to an aromatic ring is 1. The van der Waals surface area contributed by atoms with Gasteiger partial charge in [-0.2, -0.15) is 5.10 Å². The van der Waals surface area contributed by atoms with Crippen LogP contribution in [0.2, 0.25) is 0 Å². The van der Waals surface area contributed by atoms with Crippen molar-refractivity contribution >= 4 is 23.4 Å². The maximum Gasteiger partial charge on any atom is 0.343 e. The Labute approximate surface area is 161 Å². The van der Waals surface area contributed by atoms with Crippen LogP contribution in [-0.4, -0.2) is 35.4 Å². The molecule has 0 saturated heterocycles. The van der Waals surface area contributed by atoms with Crippen molar-refractivity contribution in [2.45, 2.75) is 6.92 Å². The Morgan fingerprint density at radius 1 is 1.14 bits per heavy atom. The second-order valence-electron chi connectivity index (χ2n) is 5.78. The molecule has 1 heterocycles. The fraction of sp³-hybridized carbons (Fsp3) is 0.150. The van der Waals surface area contributed by atoms with Gasteiger partial charge >= 0.3 is 5.97 Å². The predicted octanol–water partition coefficient (Wildman–Crippen LogP) is 2.89. The summed E-state index contributed by atoms with van der Waals surface area (Å²) in [5.41, 5.74) is 7.84. The van der Waals surface area contributed by atoms with E-state index in [0.29, 0.717) is 22.7 Å². The van der Waals surface area contributed by atoms with Crippen molar-refractivity contribution in [1.29, 1.82) is 0 Å². The van der Waals surface area contributed by atoms with Crippen LogP contribution in [0.3, 0.4) is 0 Å². The summed E-state index contributed by atoms with van der Waals surface area (Å²) in [5, 5.41) is 6.94. The summed E-state index contributed by atoms with van der Waals surface area (Å²) in [4.78, 5) is 24.3. The average Bonchev–Trinajstić information content (AvgIpc) is 3.10. The topological polar surface area (TPSA) is 108 Å². The van der Waals surface area contributed by atoms with Crippen molar-refractivity contribution in [2.24, 2.45) is 0 Å². The smallest absolute Gasteiger partial charge is 0.343 e. The first kappa shape index (κ1) is 19.0.